The Morgan fingerprint density at radius 3 is 2.62 bits per heavy atom. The second-order valence-electron chi connectivity index (χ2n) is 4.58. The van der Waals surface area contributed by atoms with Crippen LogP contribution in [0.5, 0.6) is 5.75 Å². The molecule has 0 aliphatic heterocycles. The number of phenolic OH excluding ortho intramolecular Hbond substituents is 1. The Hall–Kier alpha value is -2.88. The zero-order valence-electron chi connectivity index (χ0n) is 11.4. The van der Waals surface area contributed by atoms with Crippen molar-refractivity contribution in [2.24, 2.45) is 0 Å². The summed E-state index contributed by atoms with van der Waals surface area (Å²) in [6.45, 7) is 0. The molecule has 0 fully saturated rings. The van der Waals surface area contributed by atoms with Gasteiger partial charge in [0.2, 0.25) is 0 Å². The molecule has 4 nitrogen and oxygen atoms in total. The lowest BCUT2D eigenvalue weighted by Crippen LogP contribution is -2.03. The van der Waals surface area contributed by atoms with E-state index in [1.165, 1.54) is 7.11 Å². The summed E-state index contributed by atoms with van der Waals surface area (Å²) in [6.07, 6.45) is 1.65. The number of aromatic hydroxyl groups is 1. The summed E-state index contributed by atoms with van der Waals surface area (Å²) in [4.78, 5) is 16.1. The molecule has 0 amide bonds. The van der Waals surface area contributed by atoms with E-state index in [-0.39, 0.29) is 11.3 Å². The number of carbonyl (C=O) groups excluding carboxylic acids is 1. The first-order chi connectivity index (χ1) is 10.2. The normalized spacial score (nSPS) is 10.5. The van der Waals surface area contributed by atoms with Crippen molar-refractivity contribution in [2.75, 3.05) is 7.11 Å². The Bertz CT molecular complexity index is 813. The molecule has 3 rings (SSSR count). The monoisotopic (exact) mass is 279 g/mol. The maximum atomic E-state index is 11.9. The molecule has 0 saturated heterocycles. The zero-order chi connectivity index (χ0) is 14.8. The lowest BCUT2D eigenvalue weighted by Gasteiger charge is -2.12. The van der Waals surface area contributed by atoms with E-state index in [0.717, 1.165) is 10.9 Å². The van der Waals surface area contributed by atoms with E-state index in [0.29, 0.717) is 11.1 Å². The number of esters is 1. The van der Waals surface area contributed by atoms with Crippen LogP contribution < -0.4 is 0 Å². The highest BCUT2D eigenvalue weighted by molar-refractivity contribution is 6.06. The van der Waals surface area contributed by atoms with Crippen LogP contribution in [0.2, 0.25) is 0 Å². The summed E-state index contributed by atoms with van der Waals surface area (Å²) in [5.74, 6) is -0.675. The van der Waals surface area contributed by atoms with Gasteiger partial charge in [-0.2, -0.15) is 0 Å². The number of aromatic nitrogens is 1. The first-order valence-corrected chi connectivity index (χ1v) is 6.47. The van der Waals surface area contributed by atoms with E-state index in [1.54, 1.807) is 18.3 Å². The summed E-state index contributed by atoms with van der Waals surface area (Å²) in [6, 6.07) is 14.6. The Morgan fingerprint density at radius 1 is 1.14 bits per heavy atom. The van der Waals surface area contributed by atoms with Gasteiger partial charge in [0.05, 0.1) is 12.6 Å². The van der Waals surface area contributed by atoms with Crippen LogP contribution in [0, 0.1) is 0 Å². The Balaban J connectivity index is 2.40. The van der Waals surface area contributed by atoms with E-state index in [9.17, 15) is 9.90 Å². The van der Waals surface area contributed by atoms with Crippen molar-refractivity contribution in [3.63, 3.8) is 0 Å². The van der Waals surface area contributed by atoms with Gasteiger partial charge in [-0.15, -0.1) is 0 Å². The van der Waals surface area contributed by atoms with Crippen LogP contribution in [0.25, 0.3) is 22.0 Å². The van der Waals surface area contributed by atoms with Gasteiger partial charge in [0.25, 0.3) is 0 Å². The average Bonchev–Trinajstić information content (AvgIpc) is 2.54. The summed E-state index contributed by atoms with van der Waals surface area (Å²) < 4.78 is 4.73. The molecule has 104 valence electrons. The third kappa shape index (κ3) is 2.21. The molecule has 0 unspecified atom stereocenters. The van der Waals surface area contributed by atoms with Crippen molar-refractivity contribution < 1.29 is 14.6 Å². The van der Waals surface area contributed by atoms with Gasteiger partial charge in [0.15, 0.2) is 0 Å². The van der Waals surface area contributed by atoms with Crippen molar-refractivity contribution in [1.29, 1.82) is 0 Å². The predicted molar refractivity (Wildman–Crippen MR) is 80.2 cm³/mol. The molecule has 0 aliphatic carbocycles. The van der Waals surface area contributed by atoms with Crippen molar-refractivity contribution in [1.82, 2.24) is 4.98 Å². The fourth-order valence-corrected chi connectivity index (χ4v) is 2.37. The fourth-order valence-electron chi connectivity index (χ4n) is 2.37. The number of benzene rings is 2. The summed E-state index contributed by atoms with van der Waals surface area (Å²) >= 11 is 0. The van der Waals surface area contributed by atoms with Crippen LogP contribution in [0.15, 0.2) is 54.7 Å². The van der Waals surface area contributed by atoms with Crippen molar-refractivity contribution in [3.8, 4) is 16.9 Å². The van der Waals surface area contributed by atoms with E-state index in [4.69, 9.17) is 4.74 Å². The second-order valence-corrected chi connectivity index (χ2v) is 4.58. The van der Waals surface area contributed by atoms with Gasteiger partial charge in [0.1, 0.15) is 11.3 Å². The highest BCUT2D eigenvalue weighted by atomic mass is 16.5. The van der Waals surface area contributed by atoms with E-state index < -0.39 is 5.97 Å². The largest absolute Gasteiger partial charge is 0.506 e. The molecule has 3 aromatic rings. The molecule has 0 saturated carbocycles. The molecule has 0 bridgehead atoms. The van der Waals surface area contributed by atoms with Gasteiger partial charge in [-0.05, 0) is 17.7 Å². The van der Waals surface area contributed by atoms with Crippen molar-refractivity contribution in [3.05, 3.63) is 60.3 Å². The standard InChI is InChI=1S/C17H13NO3/c1-21-17(20)13-10-14-12(8-5-9-18-14)15(16(13)19)11-6-3-2-4-7-11/h2-10,19H,1H3. The second kappa shape index (κ2) is 5.25. The molecule has 0 radical (unpaired) electrons. The SMILES string of the molecule is COC(=O)c1cc2ncccc2c(-c2ccccc2)c1O. The molecule has 21 heavy (non-hydrogen) atoms. The van der Waals surface area contributed by atoms with E-state index in [1.807, 2.05) is 36.4 Å². The number of carbonyl (C=O) groups is 1. The number of methoxy groups -OCH3 is 1. The number of pyridine rings is 1. The van der Waals surface area contributed by atoms with Gasteiger partial charge in [-0.1, -0.05) is 36.4 Å². The van der Waals surface area contributed by atoms with Gasteiger partial charge in [-0.3, -0.25) is 4.98 Å². The highest BCUT2D eigenvalue weighted by Crippen LogP contribution is 2.38. The van der Waals surface area contributed by atoms with Crippen molar-refractivity contribution in [2.45, 2.75) is 0 Å². The molecule has 4 heteroatoms. The molecule has 2 aromatic carbocycles. The summed E-state index contributed by atoms with van der Waals surface area (Å²) in [5.41, 5.74) is 2.15. The maximum Gasteiger partial charge on any atom is 0.341 e. The van der Waals surface area contributed by atoms with Gasteiger partial charge in [-0.25, -0.2) is 4.79 Å². The summed E-state index contributed by atoms with van der Waals surface area (Å²) in [7, 11) is 1.28. The Kier molecular flexibility index (Phi) is 3.28. The first-order valence-electron chi connectivity index (χ1n) is 6.47. The smallest absolute Gasteiger partial charge is 0.341 e. The fraction of sp³-hybridized carbons (Fsp3) is 0.0588. The van der Waals surface area contributed by atoms with Gasteiger partial charge < -0.3 is 9.84 Å². The van der Waals surface area contributed by atoms with Crippen LogP contribution in [0.3, 0.4) is 0 Å². The lowest BCUT2D eigenvalue weighted by molar-refractivity contribution is 0.0597. The molecule has 1 heterocycles. The average molecular weight is 279 g/mol. The number of fused-ring (bicyclic) bond motifs is 1. The van der Waals surface area contributed by atoms with Crippen LogP contribution in [-0.4, -0.2) is 23.2 Å². The quantitative estimate of drug-likeness (QED) is 0.730. The zero-order valence-corrected chi connectivity index (χ0v) is 11.4. The Labute approximate surface area is 121 Å². The maximum absolute atomic E-state index is 11.9. The third-order valence-electron chi connectivity index (χ3n) is 3.35. The van der Waals surface area contributed by atoms with Crippen LogP contribution in [0.1, 0.15) is 10.4 Å². The number of phenols is 1. The molecule has 0 aliphatic rings. The molecule has 1 N–H and O–H groups in total. The minimum absolute atomic E-state index is 0.0893. The minimum atomic E-state index is -0.586. The van der Waals surface area contributed by atoms with Crippen LogP contribution in [0.4, 0.5) is 0 Å². The number of nitrogens with zero attached hydrogens (tertiary/aromatic N) is 1. The van der Waals surface area contributed by atoms with Gasteiger partial charge >= 0.3 is 5.97 Å². The number of hydrogen-bond donors (Lipinski definition) is 1. The summed E-state index contributed by atoms with van der Waals surface area (Å²) in [5, 5.41) is 11.3. The molecular formula is C17H13NO3. The molecule has 0 spiro atoms. The predicted octanol–water partition coefficient (Wildman–Crippen LogP) is 3.39. The van der Waals surface area contributed by atoms with Crippen LogP contribution in [-0.2, 0) is 4.74 Å². The third-order valence-corrected chi connectivity index (χ3v) is 3.35. The minimum Gasteiger partial charge on any atom is -0.506 e. The topological polar surface area (TPSA) is 59.4 Å². The number of hydrogen-bond acceptors (Lipinski definition) is 4. The number of rotatable bonds is 2. The van der Waals surface area contributed by atoms with E-state index >= 15 is 0 Å². The molecule has 0 atom stereocenters. The first kappa shape index (κ1) is 13.1. The number of ether oxygens (including phenoxy) is 1. The van der Waals surface area contributed by atoms with Crippen molar-refractivity contribution >= 4 is 16.9 Å². The molecule has 1 aromatic heterocycles. The highest BCUT2D eigenvalue weighted by Gasteiger charge is 2.19. The van der Waals surface area contributed by atoms with E-state index in [2.05, 4.69) is 4.98 Å². The van der Waals surface area contributed by atoms with Crippen LogP contribution >= 0.6 is 0 Å². The van der Waals surface area contributed by atoms with Gasteiger partial charge in [0, 0.05) is 17.1 Å². The Morgan fingerprint density at radius 2 is 1.90 bits per heavy atom. The lowest BCUT2D eigenvalue weighted by atomic mass is 9.96. The molecular weight excluding hydrogens is 266 g/mol.